The summed E-state index contributed by atoms with van der Waals surface area (Å²) >= 11 is 0. The van der Waals surface area contributed by atoms with Gasteiger partial charge in [-0.05, 0) is 42.5 Å². The molecule has 2 heterocycles. The van der Waals surface area contributed by atoms with Crippen molar-refractivity contribution in [3.05, 3.63) is 76.8 Å². The zero-order valence-corrected chi connectivity index (χ0v) is 15.6. The van der Waals surface area contributed by atoms with Gasteiger partial charge >= 0.3 is 6.18 Å². The number of aromatic nitrogens is 3. The fourth-order valence-corrected chi connectivity index (χ4v) is 3.49. The van der Waals surface area contributed by atoms with Crippen LogP contribution >= 0.6 is 0 Å². The van der Waals surface area contributed by atoms with Gasteiger partial charge in [0.25, 0.3) is 5.56 Å². The Balaban J connectivity index is 1.70. The Morgan fingerprint density at radius 1 is 1.03 bits per heavy atom. The number of hydrogen-bond acceptors (Lipinski definition) is 5. The van der Waals surface area contributed by atoms with Gasteiger partial charge in [-0.3, -0.25) is 9.78 Å². The molecule has 0 fully saturated rings. The Labute approximate surface area is 163 Å². The fourth-order valence-electron chi connectivity index (χ4n) is 2.47. The van der Waals surface area contributed by atoms with E-state index in [1.165, 1.54) is 12.1 Å². The number of alkyl halides is 3. The molecule has 0 aliphatic heterocycles. The molecule has 3 rings (SSSR count). The lowest BCUT2D eigenvalue weighted by atomic mass is 10.2. The standard InChI is InChI=1S/C18H15F3N4O3S/c19-18(20,21)14-3-5-15(6-4-14)29(27,28)23-10-11-25-17(26)8-7-16(24-25)13-2-1-9-22-12-13/h1-9,12,23H,10-11H2. The van der Waals surface area contributed by atoms with Crippen LogP contribution in [-0.2, 0) is 22.7 Å². The van der Waals surface area contributed by atoms with Crippen molar-refractivity contribution in [2.75, 3.05) is 6.54 Å². The van der Waals surface area contributed by atoms with Gasteiger partial charge in [-0.2, -0.15) is 18.3 Å². The Kier molecular flexibility index (Phi) is 5.80. The number of hydrogen-bond donors (Lipinski definition) is 1. The van der Waals surface area contributed by atoms with Gasteiger partial charge in [0, 0.05) is 30.6 Å². The minimum Gasteiger partial charge on any atom is -0.268 e. The van der Waals surface area contributed by atoms with Crippen molar-refractivity contribution in [3.63, 3.8) is 0 Å². The van der Waals surface area contributed by atoms with Crippen molar-refractivity contribution in [2.24, 2.45) is 0 Å². The van der Waals surface area contributed by atoms with E-state index in [2.05, 4.69) is 14.8 Å². The predicted molar refractivity (Wildman–Crippen MR) is 98.4 cm³/mol. The molecule has 0 atom stereocenters. The lowest BCUT2D eigenvalue weighted by Crippen LogP contribution is -2.32. The molecule has 0 aliphatic carbocycles. The maximum Gasteiger partial charge on any atom is 0.416 e. The summed E-state index contributed by atoms with van der Waals surface area (Å²) in [7, 11) is -4.04. The van der Waals surface area contributed by atoms with E-state index in [9.17, 15) is 26.4 Å². The van der Waals surface area contributed by atoms with Gasteiger partial charge in [0.2, 0.25) is 10.0 Å². The monoisotopic (exact) mass is 424 g/mol. The number of halogens is 3. The van der Waals surface area contributed by atoms with E-state index in [-0.39, 0.29) is 18.0 Å². The van der Waals surface area contributed by atoms with Crippen molar-refractivity contribution in [1.82, 2.24) is 19.5 Å². The van der Waals surface area contributed by atoms with E-state index < -0.39 is 27.3 Å². The Bertz CT molecular complexity index is 1150. The quantitative estimate of drug-likeness (QED) is 0.655. The first-order chi connectivity index (χ1) is 13.7. The van der Waals surface area contributed by atoms with E-state index in [4.69, 9.17) is 0 Å². The molecular formula is C18H15F3N4O3S. The number of benzene rings is 1. The summed E-state index contributed by atoms with van der Waals surface area (Å²) < 4.78 is 65.6. The van der Waals surface area contributed by atoms with Crippen LogP contribution in [0.25, 0.3) is 11.3 Å². The molecule has 0 unspecified atom stereocenters. The maximum atomic E-state index is 12.6. The Morgan fingerprint density at radius 2 is 1.76 bits per heavy atom. The SMILES string of the molecule is O=c1ccc(-c2cccnc2)nn1CCNS(=O)(=O)c1ccc(C(F)(F)F)cc1. The molecule has 3 aromatic rings. The van der Waals surface area contributed by atoms with Gasteiger partial charge in [-0.15, -0.1) is 0 Å². The van der Waals surface area contributed by atoms with Crippen molar-refractivity contribution >= 4 is 10.0 Å². The van der Waals surface area contributed by atoms with Crippen LogP contribution < -0.4 is 10.3 Å². The predicted octanol–water partition coefficient (Wildman–Crippen LogP) is 2.30. The molecule has 0 radical (unpaired) electrons. The highest BCUT2D eigenvalue weighted by molar-refractivity contribution is 7.89. The molecule has 7 nitrogen and oxygen atoms in total. The van der Waals surface area contributed by atoms with Gasteiger partial charge < -0.3 is 0 Å². The third-order valence-corrected chi connectivity index (χ3v) is 5.41. The summed E-state index contributed by atoms with van der Waals surface area (Å²) in [5.74, 6) is 0. The second-order valence-corrected chi connectivity index (χ2v) is 7.71. The molecule has 0 bridgehead atoms. The van der Waals surface area contributed by atoms with Crippen molar-refractivity contribution in [2.45, 2.75) is 17.6 Å². The van der Waals surface area contributed by atoms with E-state index >= 15 is 0 Å². The van der Waals surface area contributed by atoms with Gasteiger partial charge in [-0.25, -0.2) is 17.8 Å². The average Bonchev–Trinajstić information content (AvgIpc) is 2.69. The number of nitrogens with one attached hydrogen (secondary N) is 1. The van der Waals surface area contributed by atoms with Gasteiger partial charge in [0.15, 0.2) is 0 Å². The molecule has 0 saturated heterocycles. The highest BCUT2D eigenvalue weighted by Gasteiger charge is 2.30. The zero-order chi connectivity index (χ0) is 21.1. The van der Waals surface area contributed by atoms with Gasteiger partial charge in [0.1, 0.15) is 0 Å². The summed E-state index contributed by atoms with van der Waals surface area (Å²) in [6.45, 7) is -0.237. The Morgan fingerprint density at radius 3 is 2.38 bits per heavy atom. The van der Waals surface area contributed by atoms with Crippen LogP contribution in [-0.4, -0.2) is 29.7 Å². The summed E-state index contributed by atoms with van der Waals surface area (Å²) in [6.07, 6.45) is -1.39. The summed E-state index contributed by atoms with van der Waals surface area (Å²) in [6, 6.07) is 9.44. The van der Waals surface area contributed by atoms with E-state index in [1.807, 2.05) is 0 Å². The molecular weight excluding hydrogens is 409 g/mol. The molecule has 29 heavy (non-hydrogen) atoms. The topological polar surface area (TPSA) is 93.9 Å². The first kappa shape index (κ1) is 20.7. The second-order valence-electron chi connectivity index (χ2n) is 5.94. The molecule has 0 saturated carbocycles. The molecule has 152 valence electrons. The van der Waals surface area contributed by atoms with Crippen LogP contribution in [0.4, 0.5) is 13.2 Å². The largest absolute Gasteiger partial charge is 0.416 e. The molecule has 11 heteroatoms. The highest BCUT2D eigenvalue weighted by atomic mass is 32.2. The fraction of sp³-hybridized carbons (Fsp3) is 0.167. The molecule has 0 amide bonds. The summed E-state index contributed by atoms with van der Waals surface area (Å²) in [5.41, 5.74) is -0.194. The maximum absolute atomic E-state index is 12.6. The van der Waals surface area contributed by atoms with Crippen LogP contribution in [0.15, 0.2) is 70.6 Å². The third-order valence-electron chi connectivity index (χ3n) is 3.93. The molecule has 1 aromatic carbocycles. The van der Waals surface area contributed by atoms with Crippen molar-refractivity contribution in [3.8, 4) is 11.3 Å². The van der Waals surface area contributed by atoms with E-state index in [0.29, 0.717) is 23.4 Å². The molecule has 0 spiro atoms. The molecule has 1 N–H and O–H groups in total. The van der Waals surface area contributed by atoms with E-state index in [0.717, 1.165) is 16.8 Å². The van der Waals surface area contributed by atoms with Gasteiger partial charge in [0.05, 0.1) is 22.7 Å². The third kappa shape index (κ3) is 5.06. The van der Waals surface area contributed by atoms with Crippen LogP contribution in [0.3, 0.4) is 0 Å². The number of sulfonamides is 1. The van der Waals surface area contributed by atoms with Crippen LogP contribution in [0.5, 0.6) is 0 Å². The minimum atomic E-state index is -4.55. The normalized spacial score (nSPS) is 12.1. The van der Waals surface area contributed by atoms with Crippen molar-refractivity contribution in [1.29, 1.82) is 0 Å². The first-order valence-corrected chi connectivity index (χ1v) is 9.81. The number of rotatable bonds is 6. The smallest absolute Gasteiger partial charge is 0.268 e. The lowest BCUT2D eigenvalue weighted by Gasteiger charge is -2.10. The van der Waals surface area contributed by atoms with Crippen LogP contribution in [0.2, 0.25) is 0 Å². The van der Waals surface area contributed by atoms with Crippen LogP contribution in [0, 0.1) is 0 Å². The van der Waals surface area contributed by atoms with Crippen molar-refractivity contribution < 1.29 is 21.6 Å². The number of pyridine rings is 1. The summed E-state index contributed by atoms with van der Waals surface area (Å²) in [5, 5.41) is 4.18. The average molecular weight is 424 g/mol. The number of nitrogens with zero attached hydrogens (tertiary/aromatic N) is 3. The first-order valence-electron chi connectivity index (χ1n) is 8.32. The second kappa shape index (κ2) is 8.13. The zero-order valence-electron chi connectivity index (χ0n) is 14.8. The summed E-state index contributed by atoms with van der Waals surface area (Å²) in [4.78, 5) is 15.6. The van der Waals surface area contributed by atoms with Gasteiger partial charge in [-0.1, -0.05) is 0 Å². The Hall–Kier alpha value is -3.05. The van der Waals surface area contributed by atoms with Crippen LogP contribution in [0.1, 0.15) is 5.56 Å². The van der Waals surface area contributed by atoms with E-state index in [1.54, 1.807) is 24.5 Å². The minimum absolute atomic E-state index is 0.0627. The molecule has 2 aromatic heterocycles. The lowest BCUT2D eigenvalue weighted by molar-refractivity contribution is -0.137. The highest BCUT2D eigenvalue weighted by Crippen LogP contribution is 2.29. The molecule has 0 aliphatic rings.